The molecule has 2 aliphatic rings. The van der Waals surface area contributed by atoms with Crippen molar-refractivity contribution < 1.29 is 0 Å². The molecule has 2 saturated carbocycles. The largest absolute Gasteiger partial charge is 0.313 e. The van der Waals surface area contributed by atoms with E-state index in [2.05, 4.69) is 19.2 Å². The molecule has 0 amide bonds. The molecule has 0 aromatic carbocycles. The van der Waals surface area contributed by atoms with Gasteiger partial charge in [0, 0.05) is 12.6 Å². The highest BCUT2D eigenvalue weighted by Crippen LogP contribution is 2.48. The van der Waals surface area contributed by atoms with Crippen LogP contribution in [0.5, 0.6) is 0 Å². The van der Waals surface area contributed by atoms with Crippen LogP contribution in [-0.2, 0) is 0 Å². The van der Waals surface area contributed by atoms with Crippen LogP contribution in [0.1, 0.15) is 52.4 Å². The van der Waals surface area contributed by atoms with Crippen molar-refractivity contribution >= 4 is 0 Å². The summed E-state index contributed by atoms with van der Waals surface area (Å²) in [4.78, 5) is 0. The van der Waals surface area contributed by atoms with Gasteiger partial charge in [-0.15, -0.1) is 0 Å². The Morgan fingerprint density at radius 1 is 1.38 bits per heavy atom. The quantitative estimate of drug-likeness (QED) is 0.687. The Bertz CT molecular complexity index is 168. The van der Waals surface area contributed by atoms with E-state index in [0.29, 0.717) is 5.41 Å². The van der Waals surface area contributed by atoms with E-state index in [9.17, 15) is 0 Å². The summed E-state index contributed by atoms with van der Waals surface area (Å²) in [5.74, 6) is 0.924. The number of nitrogens with one attached hydrogen (secondary N) is 1. The third-order valence-corrected chi connectivity index (χ3v) is 4.33. The minimum absolute atomic E-state index is 0.692. The van der Waals surface area contributed by atoms with Gasteiger partial charge in [-0.05, 0) is 37.0 Å². The number of rotatable bonds is 5. The van der Waals surface area contributed by atoms with Crippen LogP contribution >= 0.6 is 0 Å². The second-order valence-electron chi connectivity index (χ2n) is 5.18. The maximum Gasteiger partial charge on any atom is 0.00684 e. The Hall–Kier alpha value is -0.0400. The van der Waals surface area contributed by atoms with Gasteiger partial charge >= 0.3 is 0 Å². The molecule has 76 valence electrons. The first-order chi connectivity index (χ1) is 6.27. The van der Waals surface area contributed by atoms with Crippen LogP contribution < -0.4 is 5.32 Å². The summed E-state index contributed by atoms with van der Waals surface area (Å²) in [5.41, 5.74) is 0.692. The van der Waals surface area contributed by atoms with Gasteiger partial charge in [-0.25, -0.2) is 0 Å². The van der Waals surface area contributed by atoms with Crippen molar-refractivity contribution in [3.8, 4) is 0 Å². The molecule has 1 unspecified atom stereocenters. The van der Waals surface area contributed by atoms with Gasteiger partial charge in [0.15, 0.2) is 0 Å². The highest BCUT2D eigenvalue weighted by molar-refractivity contribution is 4.95. The molecule has 0 spiro atoms. The Balaban J connectivity index is 1.82. The molecule has 0 aromatic rings. The molecule has 0 saturated heterocycles. The van der Waals surface area contributed by atoms with E-state index in [0.717, 1.165) is 12.0 Å². The molecule has 0 aliphatic heterocycles. The van der Waals surface area contributed by atoms with Crippen LogP contribution in [0, 0.1) is 11.3 Å². The first-order valence-electron chi connectivity index (χ1n) is 6.00. The van der Waals surface area contributed by atoms with E-state index in [1.165, 1.54) is 45.1 Å². The van der Waals surface area contributed by atoms with Gasteiger partial charge < -0.3 is 5.32 Å². The number of hydrogen-bond donors (Lipinski definition) is 1. The average molecular weight is 181 g/mol. The van der Waals surface area contributed by atoms with E-state index in [-0.39, 0.29) is 0 Å². The molecular formula is C12H23N. The van der Waals surface area contributed by atoms with Crippen molar-refractivity contribution in [2.75, 3.05) is 6.54 Å². The van der Waals surface area contributed by atoms with Crippen molar-refractivity contribution in [3.63, 3.8) is 0 Å². The Kier molecular flexibility index (Phi) is 2.64. The lowest BCUT2D eigenvalue weighted by molar-refractivity contribution is 0.0554. The minimum atomic E-state index is 0.692. The monoisotopic (exact) mass is 181 g/mol. The van der Waals surface area contributed by atoms with Gasteiger partial charge in [0.25, 0.3) is 0 Å². The molecule has 0 bridgehead atoms. The standard InChI is InChI=1S/C12H23N/c1-3-10(2)12(7-4-8-12)9-13-11-5-6-11/h10-11,13H,3-9H2,1-2H3. The Labute approximate surface area is 82.3 Å². The van der Waals surface area contributed by atoms with Crippen molar-refractivity contribution in [2.45, 2.75) is 58.4 Å². The predicted molar refractivity (Wildman–Crippen MR) is 56.8 cm³/mol. The van der Waals surface area contributed by atoms with Crippen LogP contribution in [-0.4, -0.2) is 12.6 Å². The second kappa shape index (κ2) is 3.61. The fraction of sp³-hybridized carbons (Fsp3) is 1.00. The fourth-order valence-electron chi connectivity index (χ4n) is 2.54. The maximum absolute atomic E-state index is 3.71. The second-order valence-corrected chi connectivity index (χ2v) is 5.18. The summed E-state index contributed by atoms with van der Waals surface area (Å²) in [6.07, 6.45) is 8.62. The predicted octanol–water partition coefficient (Wildman–Crippen LogP) is 2.95. The SMILES string of the molecule is CCC(C)C1(CNC2CC2)CCC1. The summed E-state index contributed by atoms with van der Waals surface area (Å²) < 4.78 is 0. The first-order valence-corrected chi connectivity index (χ1v) is 6.00. The Morgan fingerprint density at radius 2 is 2.08 bits per heavy atom. The molecule has 1 N–H and O–H groups in total. The summed E-state index contributed by atoms with van der Waals surface area (Å²) in [6, 6.07) is 0.890. The summed E-state index contributed by atoms with van der Waals surface area (Å²) in [5, 5.41) is 3.71. The lowest BCUT2D eigenvalue weighted by Crippen LogP contribution is -2.45. The molecule has 2 rings (SSSR count). The minimum Gasteiger partial charge on any atom is -0.313 e. The van der Waals surface area contributed by atoms with Crippen LogP contribution in [0.25, 0.3) is 0 Å². The third-order valence-electron chi connectivity index (χ3n) is 4.33. The van der Waals surface area contributed by atoms with E-state index in [1.54, 1.807) is 0 Å². The van der Waals surface area contributed by atoms with Crippen LogP contribution in [0.4, 0.5) is 0 Å². The van der Waals surface area contributed by atoms with Crippen molar-refractivity contribution in [3.05, 3.63) is 0 Å². The Morgan fingerprint density at radius 3 is 2.46 bits per heavy atom. The maximum atomic E-state index is 3.71. The summed E-state index contributed by atoms with van der Waals surface area (Å²) >= 11 is 0. The van der Waals surface area contributed by atoms with Crippen LogP contribution in [0.15, 0.2) is 0 Å². The third kappa shape index (κ3) is 1.90. The zero-order valence-electron chi connectivity index (χ0n) is 9.10. The smallest absolute Gasteiger partial charge is 0.00684 e. The van der Waals surface area contributed by atoms with Crippen molar-refractivity contribution in [1.82, 2.24) is 5.32 Å². The zero-order valence-corrected chi connectivity index (χ0v) is 9.10. The molecule has 0 aromatic heterocycles. The van der Waals surface area contributed by atoms with E-state index >= 15 is 0 Å². The molecule has 0 heterocycles. The van der Waals surface area contributed by atoms with Gasteiger partial charge in [0.1, 0.15) is 0 Å². The molecule has 1 heteroatoms. The number of hydrogen-bond acceptors (Lipinski definition) is 1. The summed E-state index contributed by atoms with van der Waals surface area (Å²) in [7, 11) is 0. The van der Waals surface area contributed by atoms with Crippen LogP contribution in [0.3, 0.4) is 0 Å². The lowest BCUT2D eigenvalue weighted by atomic mass is 9.61. The van der Waals surface area contributed by atoms with Gasteiger partial charge in [-0.2, -0.15) is 0 Å². The highest BCUT2D eigenvalue weighted by Gasteiger charge is 2.41. The molecule has 2 aliphatic carbocycles. The topological polar surface area (TPSA) is 12.0 Å². The van der Waals surface area contributed by atoms with Gasteiger partial charge in [0.05, 0.1) is 0 Å². The van der Waals surface area contributed by atoms with Gasteiger partial charge in [0.2, 0.25) is 0 Å². The summed E-state index contributed by atoms with van der Waals surface area (Å²) in [6.45, 7) is 6.07. The molecular weight excluding hydrogens is 158 g/mol. The van der Waals surface area contributed by atoms with Gasteiger partial charge in [-0.1, -0.05) is 26.7 Å². The molecule has 1 atom stereocenters. The lowest BCUT2D eigenvalue weighted by Gasteiger charge is -2.47. The van der Waals surface area contributed by atoms with E-state index in [1.807, 2.05) is 0 Å². The molecule has 2 fully saturated rings. The molecule has 13 heavy (non-hydrogen) atoms. The van der Waals surface area contributed by atoms with Crippen molar-refractivity contribution in [1.29, 1.82) is 0 Å². The van der Waals surface area contributed by atoms with Crippen molar-refractivity contribution in [2.24, 2.45) is 11.3 Å². The van der Waals surface area contributed by atoms with E-state index in [4.69, 9.17) is 0 Å². The highest BCUT2D eigenvalue weighted by atomic mass is 15.0. The zero-order chi connectivity index (χ0) is 9.31. The fourth-order valence-corrected chi connectivity index (χ4v) is 2.54. The van der Waals surface area contributed by atoms with E-state index < -0.39 is 0 Å². The van der Waals surface area contributed by atoms with Crippen LogP contribution in [0.2, 0.25) is 0 Å². The average Bonchev–Trinajstić information content (AvgIpc) is 2.85. The van der Waals surface area contributed by atoms with Gasteiger partial charge in [-0.3, -0.25) is 0 Å². The molecule has 1 nitrogen and oxygen atoms in total. The normalized spacial score (nSPS) is 28.2. The molecule has 0 radical (unpaired) electrons. The first kappa shape index (κ1) is 9.51.